The summed E-state index contributed by atoms with van der Waals surface area (Å²) in [4.78, 5) is 14.4. The quantitative estimate of drug-likeness (QED) is 0.838. The first kappa shape index (κ1) is 15.6. The molecule has 1 aromatic heterocycles. The molecule has 0 atom stereocenters. The molecule has 0 spiro atoms. The fraction of sp³-hybridized carbons (Fsp3) is 0.0769. The number of hydrogen-bond donors (Lipinski definition) is 2. The molecule has 0 unspecified atom stereocenters. The molecule has 110 valence electrons. The number of nitrogens with zero attached hydrogens (tertiary/aromatic N) is 1. The number of halogens is 1. The third-order valence-corrected chi connectivity index (χ3v) is 4.48. The number of sulfonamides is 1. The fourth-order valence-corrected chi connectivity index (χ4v) is 2.73. The standard InChI is InChI=1S/C13H11BrN2O4S/c14-11-4-1-9(2-5-11)7-16-21(19,20)12-6-3-10(8-15-12)13(17)18/h1-6,8,16H,7H2,(H,17,18). The van der Waals surface area contributed by atoms with Crippen LogP contribution in [0.2, 0.25) is 0 Å². The summed E-state index contributed by atoms with van der Waals surface area (Å²) in [6.07, 6.45) is 1.01. The molecular formula is C13H11BrN2O4S. The number of benzene rings is 1. The van der Waals surface area contributed by atoms with Gasteiger partial charge >= 0.3 is 5.97 Å². The van der Waals surface area contributed by atoms with Crippen molar-refractivity contribution in [3.05, 3.63) is 58.2 Å². The average molecular weight is 371 g/mol. The first-order chi connectivity index (χ1) is 9.88. The van der Waals surface area contributed by atoms with E-state index in [9.17, 15) is 13.2 Å². The van der Waals surface area contributed by atoms with Crippen LogP contribution in [0.3, 0.4) is 0 Å². The van der Waals surface area contributed by atoms with Crippen LogP contribution in [0.5, 0.6) is 0 Å². The minimum absolute atomic E-state index is 0.0677. The van der Waals surface area contributed by atoms with Gasteiger partial charge in [-0.1, -0.05) is 28.1 Å². The predicted molar refractivity (Wildman–Crippen MR) is 79.4 cm³/mol. The summed E-state index contributed by atoms with van der Waals surface area (Å²) < 4.78 is 27.4. The monoisotopic (exact) mass is 370 g/mol. The van der Waals surface area contributed by atoms with E-state index in [0.717, 1.165) is 22.3 Å². The highest BCUT2D eigenvalue weighted by atomic mass is 79.9. The topological polar surface area (TPSA) is 96.4 Å². The number of rotatable bonds is 5. The van der Waals surface area contributed by atoms with Crippen LogP contribution in [0.15, 0.2) is 52.1 Å². The van der Waals surface area contributed by atoms with Crippen molar-refractivity contribution in [1.82, 2.24) is 9.71 Å². The highest BCUT2D eigenvalue weighted by Crippen LogP contribution is 2.12. The van der Waals surface area contributed by atoms with Gasteiger partial charge in [0, 0.05) is 17.2 Å². The molecule has 0 saturated heterocycles. The summed E-state index contributed by atoms with van der Waals surface area (Å²) in [5.74, 6) is -1.16. The highest BCUT2D eigenvalue weighted by molar-refractivity contribution is 9.10. The van der Waals surface area contributed by atoms with Crippen LogP contribution < -0.4 is 4.72 Å². The minimum atomic E-state index is -3.78. The predicted octanol–water partition coefficient (Wildman–Crippen LogP) is 2.02. The first-order valence-electron chi connectivity index (χ1n) is 5.82. The Labute approximate surface area is 130 Å². The number of carboxylic acid groups (broad SMARTS) is 1. The van der Waals surface area contributed by atoms with Crippen molar-refractivity contribution in [2.45, 2.75) is 11.6 Å². The molecule has 0 bridgehead atoms. The summed E-state index contributed by atoms with van der Waals surface area (Å²) >= 11 is 3.29. The van der Waals surface area contributed by atoms with Gasteiger partial charge in [0.25, 0.3) is 10.0 Å². The molecule has 0 aliphatic rings. The Morgan fingerprint density at radius 3 is 2.38 bits per heavy atom. The van der Waals surface area contributed by atoms with Gasteiger partial charge in [0.2, 0.25) is 0 Å². The van der Waals surface area contributed by atoms with E-state index >= 15 is 0 Å². The van der Waals surface area contributed by atoms with Crippen LogP contribution in [0.25, 0.3) is 0 Å². The largest absolute Gasteiger partial charge is 0.478 e. The van der Waals surface area contributed by atoms with Crippen molar-refractivity contribution < 1.29 is 18.3 Å². The number of pyridine rings is 1. The van der Waals surface area contributed by atoms with Crippen LogP contribution in [0, 0.1) is 0 Å². The molecule has 0 saturated carbocycles. The molecule has 0 aliphatic carbocycles. The zero-order chi connectivity index (χ0) is 15.5. The number of hydrogen-bond acceptors (Lipinski definition) is 4. The van der Waals surface area contributed by atoms with Gasteiger partial charge in [-0.3, -0.25) is 0 Å². The van der Waals surface area contributed by atoms with Crippen LogP contribution in [0.1, 0.15) is 15.9 Å². The lowest BCUT2D eigenvalue weighted by Crippen LogP contribution is -2.24. The van der Waals surface area contributed by atoms with Crippen molar-refractivity contribution >= 4 is 31.9 Å². The van der Waals surface area contributed by atoms with Gasteiger partial charge in [-0.25, -0.2) is 22.9 Å². The Bertz CT molecular complexity index is 743. The van der Waals surface area contributed by atoms with Crippen LogP contribution in [-0.2, 0) is 16.6 Å². The fourth-order valence-electron chi connectivity index (χ4n) is 1.52. The van der Waals surface area contributed by atoms with Gasteiger partial charge in [0.15, 0.2) is 5.03 Å². The van der Waals surface area contributed by atoms with Crippen molar-refractivity contribution in [1.29, 1.82) is 0 Å². The van der Waals surface area contributed by atoms with E-state index in [2.05, 4.69) is 25.6 Å². The summed E-state index contributed by atoms with van der Waals surface area (Å²) in [7, 11) is -3.78. The zero-order valence-electron chi connectivity index (χ0n) is 10.7. The summed E-state index contributed by atoms with van der Waals surface area (Å²) in [5, 5.41) is 8.53. The molecule has 2 aromatic rings. The molecule has 6 nitrogen and oxygen atoms in total. The Morgan fingerprint density at radius 1 is 1.19 bits per heavy atom. The van der Waals surface area contributed by atoms with Gasteiger partial charge < -0.3 is 5.11 Å². The second-order valence-corrected chi connectivity index (χ2v) is 6.77. The lowest BCUT2D eigenvalue weighted by molar-refractivity contribution is 0.0696. The molecule has 2 rings (SSSR count). The maximum atomic E-state index is 12.0. The lowest BCUT2D eigenvalue weighted by Gasteiger charge is -2.06. The molecule has 2 N–H and O–H groups in total. The zero-order valence-corrected chi connectivity index (χ0v) is 13.1. The Hall–Kier alpha value is -1.77. The van der Waals surface area contributed by atoms with E-state index in [0.29, 0.717) is 0 Å². The van der Waals surface area contributed by atoms with Gasteiger partial charge in [0.1, 0.15) is 0 Å². The molecule has 0 fully saturated rings. The third kappa shape index (κ3) is 4.10. The van der Waals surface area contributed by atoms with Gasteiger partial charge in [-0.05, 0) is 29.8 Å². The SMILES string of the molecule is O=C(O)c1ccc(S(=O)(=O)NCc2ccc(Br)cc2)nc1. The average Bonchev–Trinajstić information content (AvgIpc) is 2.47. The Morgan fingerprint density at radius 2 is 1.86 bits per heavy atom. The molecule has 0 radical (unpaired) electrons. The Balaban J connectivity index is 2.11. The van der Waals surface area contributed by atoms with Crippen molar-refractivity contribution in [3.8, 4) is 0 Å². The minimum Gasteiger partial charge on any atom is -0.478 e. The normalized spacial score (nSPS) is 11.3. The smallest absolute Gasteiger partial charge is 0.337 e. The van der Waals surface area contributed by atoms with E-state index in [1.54, 1.807) is 12.1 Å². The maximum absolute atomic E-state index is 12.0. The Kier molecular flexibility index (Phi) is 4.71. The molecular weight excluding hydrogens is 360 g/mol. The second-order valence-electron chi connectivity index (χ2n) is 4.14. The van der Waals surface area contributed by atoms with Crippen molar-refractivity contribution in [2.24, 2.45) is 0 Å². The van der Waals surface area contributed by atoms with Gasteiger partial charge in [-0.15, -0.1) is 0 Å². The molecule has 21 heavy (non-hydrogen) atoms. The number of carboxylic acids is 1. The second kappa shape index (κ2) is 6.33. The van der Waals surface area contributed by atoms with Gasteiger partial charge in [-0.2, -0.15) is 0 Å². The molecule has 1 heterocycles. The molecule has 1 aromatic carbocycles. The molecule has 8 heteroatoms. The van der Waals surface area contributed by atoms with Crippen LogP contribution in [0.4, 0.5) is 0 Å². The number of nitrogens with one attached hydrogen (secondary N) is 1. The van der Waals surface area contributed by atoms with E-state index in [-0.39, 0.29) is 17.1 Å². The maximum Gasteiger partial charge on any atom is 0.337 e. The third-order valence-electron chi connectivity index (χ3n) is 2.64. The van der Waals surface area contributed by atoms with Crippen LogP contribution in [-0.4, -0.2) is 24.5 Å². The lowest BCUT2D eigenvalue weighted by atomic mass is 10.2. The van der Waals surface area contributed by atoms with Gasteiger partial charge in [0.05, 0.1) is 5.56 Å². The summed E-state index contributed by atoms with van der Waals surface area (Å²) in [6, 6.07) is 9.55. The van der Waals surface area contributed by atoms with E-state index < -0.39 is 16.0 Å². The van der Waals surface area contributed by atoms with E-state index in [1.165, 1.54) is 6.07 Å². The van der Waals surface area contributed by atoms with Crippen LogP contribution >= 0.6 is 15.9 Å². The first-order valence-corrected chi connectivity index (χ1v) is 8.09. The molecule has 0 aliphatic heterocycles. The number of carbonyl (C=O) groups is 1. The van der Waals surface area contributed by atoms with Crippen molar-refractivity contribution in [2.75, 3.05) is 0 Å². The summed E-state index contributed by atoms with van der Waals surface area (Å²) in [5.41, 5.74) is 0.728. The highest BCUT2D eigenvalue weighted by Gasteiger charge is 2.16. The summed E-state index contributed by atoms with van der Waals surface area (Å²) in [6.45, 7) is 0.123. The van der Waals surface area contributed by atoms with E-state index in [4.69, 9.17) is 5.11 Å². The van der Waals surface area contributed by atoms with Crippen molar-refractivity contribution in [3.63, 3.8) is 0 Å². The molecule has 0 amide bonds. The number of aromatic carboxylic acids is 1. The number of aromatic nitrogens is 1. The van der Waals surface area contributed by atoms with E-state index in [1.807, 2.05) is 12.1 Å².